The quantitative estimate of drug-likeness (QED) is 0.539. The van der Waals surface area contributed by atoms with Crippen LogP contribution in [0.25, 0.3) is 5.57 Å². The Hall–Kier alpha value is -3.08. The van der Waals surface area contributed by atoms with Crippen molar-refractivity contribution >= 4 is 17.3 Å². The number of ether oxygens (including phenoxy) is 3. The average molecular weight is 394 g/mol. The Labute approximate surface area is 171 Å². The first-order valence-corrected chi connectivity index (χ1v) is 9.69. The molecule has 2 aromatic carbocycles. The zero-order valence-corrected chi connectivity index (χ0v) is 17.2. The smallest absolute Gasteiger partial charge is 0.317 e. The van der Waals surface area contributed by atoms with E-state index in [9.17, 15) is 9.59 Å². The van der Waals surface area contributed by atoms with E-state index in [0.29, 0.717) is 17.9 Å². The molecule has 0 bridgehead atoms. The van der Waals surface area contributed by atoms with E-state index >= 15 is 0 Å². The van der Waals surface area contributed by atoms with Gasteiger partial charge in [0, 0.05) is 17.5 Å². The van der Waals surface area contributed by atoms with E-state index in [1.54, 1.807) is 33.3 Å². The third-order valence-corrected chi connectivity index (χ3v) is 5.35. The molecule has 1 aliphatic carbocycles. The van der Waals surface area contributed by atoms with Crippen molar-refractivity contribution in [3.8, 4) is 11.5 Å². The molecule has 5 heteroatoms. The molecule has 0 heterocycles. The van der Waals surface area contributed by atoms with E-state index in [-0.39, 0.29) is 18.3 Å². The van der Waals surface area contributed by atoms with Gasteiger partial charge in [-0.05, 0) is 55.2 Å². The lowest BCUT2D eigenvalue weighted by Gasteiger charge is -2.30. The molecule has 0 fully saturated rings. The maximum absolute atomic E-state index is 13.1. The molecule has 0 aromatic heterocycles. The summed E-state index contributed by atoms with van der Waals surface area (Å²) >= 11 is 0. The zero-order valence-electron chi connectivity index (χ0n) is 17.2. The number of aryl methyl sites for hydroxylation is 1. The molecule has 2 aromatic rings. The lowest BCUT2D eigenvalue weighted by Crippen LogP contribution is -2.34. The average Bonchev–Trinajstić information content (AvgIpc) is 2.73. The summed E-state index contributed by atoms with van der Waals surface area (Å²) in [6.45, 7) is 3.98. The minimum atomic E-state index is -0.843. The number of ketones is 1. The van der Waals surface area contributed by atoms with Gasteiger partial charge in [0.1, 0.15) is 17.4 Å². The summed E-state index contributed by atoms with van der Waals surface area (Å²) in [7, 11) is 3.18. The van der Waals surface area contributed by atoms with Gasteiger partial charge >= 0.3 is 5.97 Å². The summed E-state index contributed by atoms with van der Waals surface area (Å²) in [4.78, 5) is 25.7. The van der Waals surface area contributed by atoms with Gasteiger partial charge in [-0.3, -0.25) is 9.59 Å². The van der Waals surface area contributed by atoms with Crippen LogP contribution in [0, 0.1) is 12.8 Å². The van der Waals surface area contributed by atoms with Crippen molar-refractivity contribution in [1.82, 2.24) is 0 Å². The van der Waals surface area contributed by atoms with Crippen molar-refractivity contribution in [2.45, 2.75) is 26.2 Å². The van der Waals surface area contributed by atoms with E-state index in [1.807, 2.05) is 43.3 Å². The van der Waals surface area contributed by atoms with Crippen LogP contribution in [0.5, 0.6) is 11.5 Å². The number of esters is 1. The van der Waals surface area contributed by atoms with Crippen LogP contribution in [0.1, 0.15) is 36.0 Å². The van der Waals surface area contributed by atoms with E-state index in [4.69, 9.17) is 14.2 Å². The summed E-state index contributed by atoms with van der Waals surface area (Å²) < 4.78 is 16.0. The topological polar surface area (TPSA) is 61.8 Å². The van der Waals surface area contributed by atoms with Gasteiger partial charge in [-0.1, -0.05) is 24.3 Å². The monoisotopic (exact) mass is 394 g/mol. The second-order valence-corrected chi connectivity index (χ2v) is 7.04. The van der Waals surface area contributed by atoms with Gasteiger partial charge in [-0.2, -0.15) is 0 Å². The van der Waals surface area contributed by atoms with Crippen molar-refractivity contribution in [3.05, 3.63) is 65.2 Å². The largest absolute Gasteiger partial charge is 0.497 e. The first-order valence-electron chi connectivity index (χ1n) is 9.69. The van der Waals surface area contributed by atoms with Gasteiger partial charge in [-0.15, -0.1) is 0 Å². The molecule has 0 saturated carbocycles. The van der Waals surface area contributed by atoms with Crippen LogP contribution < -0.4 is 9.47 Å². The van der Waals surface area contributed by atoms with Crippen LogP contribution in [0.4, 0.5) is 0 Å². The summed E-state index contributed by atoms with van der Waals surface area (Å²) in [6, 6.07) is 13.4. The van der Waals surface area contributed by atoms with Crippen molar-refractivity contribution in [2.75, 3.05) is 20.8 Å². The van der Waals surface area contributed by atoms with Gasteiger partial charge in [0.2, 0.25) is 0 Å². The molecule has 0 spiro atoms. The zero-order chi connectivity index (χ0) is 21.0. The maximum atomic E-state index is 13.1. The molecule has 0 amide bonds. The Kier molecular flexibility index (Phi) is 6.37. The second-order valence-electron chi connectivity index (χ2n) is 7.04. The second kappa shape index (κ2) is 8.95. The van der Waals surface area contributed by atoms with E-state index in [0.717, 1.165) is 22.3 Å². The molecule has 2 atom stereocenters. The van der Waals surface area contributed by atoms with Gasteiger partial charge in [0.25, 0.3) is 0 Å². The molecule has 0 saturated heterocycles. The standard InChI is InChI=1S/C24H26O5/c1-5-29-24(26)23-20(18-9-7-6-8-15(18)2)12-16(13-21(23)25)19-11-10-17(27-3)14-22(19)28-4/h6-11,13-14,20,23H,5,12H2,1-4H3. The van der Waals surface area contributed by atoms with E-state index in [1.165, 1.54) is 0 Å². The highest BCUT2D eigenvalue weighted by Crippen LogP contribution is 2.43. The molecule has 1 aliphatic rings. The predicted octanol–water partition coefficient (Wildman–Crippen LogP) is 4.33. The third-order valence-electron chi connectivity index (χ3n) is 5.35. The highest BCUT2D eigenvalue weighted by atomic mass is 16.5. The molecule has 29 heavy (non-hydrogen) atoms. The number of methoxy groups -OCH3 is 2. The minimum Gasteiger partial charge on any atom is -0.497 e. The van der Waals surface area contributed by atoms with E-state index < -0.39 is 11.9 Å². The van der Waals surface area contributed by atoms with Crippen LogP contribution in [-0.2, 0) is 14.3 Å². The minimum absolute atomic E-state index is 0.240. The van der Waals surface area contributed by atoms with Gasteiger partial charge < -0.3 is 14.2 Å². The van der Waals surface area contributed by atoms with Crippen LogP contribution >= 0.6 is 0 Å². The molecule has 3 rings (SSSR count). The fraction of sp³-hybridized carbons (Fsp3) is 0.333. The number of rotatable bonds is 6. The Bertz CT molecular complexity index is 944. The van der Waals surface area contributed by atoms with Crippen molar-refractivity contribution < 1.29 is 23.8 Å². The fourth-order valence-corrected chi connectivity index (χ4v) is 3.93. The third kappa shape index (κ3) is 4.19. The number of allylic oxidation sites excluding steroid dienone is 2. The number of hydrogen-bond acceptors (Lipinski definition) is 5. The Balaban J connectivity index is 2.08. The predicted molar refractivity (Wildman–Crippen MR) is 111 cm³/mol. The van der Waals surface area contributed by atoms with Gasteiger partial charge in [0.05, 0.1) is 20.8 Å². The Morgan fingerprint density at radius 2 is 1.86 bits per heavy atom. The molecule has 2 unspecified atom stereocenters. The van der Waals surface area contributed by atoms with Crippen molar-refractivity contribution in [1.29, 1.82) is 0 Å². The van der Waals surface area contributed by atoms with Gasteiger partial charge in [-0.25, -0.2) is 0 Å². The SMILES string of the molecule is CCOC(=O)C1C(=O)C=C(c2ccc(OC)cc2OC)CC1c1ccccc1C. The lowest BCUT2D eigenvalue weighted by molar-refractivity contribution is -0.151. The normalized spacial score (nSPS) is 18.8. The fourth-order valence-electron chi connectivity index (χ4n) is 3.93. The Morgan fingerprint density at radius 3 is 2.52 bits per heavy atom. The molecular formula is C24H26O5. The molecular weight excluding hydrogens is 368 g/mol. The number of carbonyl (C=O) groups is 2. The summed E-state index contributed by atoms with van der Waals surface area (Å²) in [5.74, 6) is -0.549. The summed E-state index contributed by atoms with van der Waals surface area (Å²) in [5.41, 5.74) is 3.69. The van der Waals surface area contributed by atoms with Crippen LogP contribution in [0.3, 0.4) is 0 Å². The molecule has 152 valence electrons. The molecule has 0 aliphatic heterocycles. The van der Waals surface area contributed by atoms with Crippen LogP contribution in [0.15, 0.2) is 48.5 Å². The highest BCUT2D eigenvalue weighted by Gasteiger charge is 2.40. The number of hydrogen-bond donors (Lipinski definition) is 0. The number of carbonyl (C=O) groups excluding carboxylic acids is 2. The Morgan fingerprint density at radius 1 is 1.10 bits per heavy atom. The molecule has 0 radical (unpaired) electrons. The molecule has 5 nitrogen and oxygen atoms in total. The number of benzene rings is 2. The first-order chi connectivity index (χ1) is 14.0. The van der Waals surface area contributed by atoms with Crippen LogP contribution in [0.2, 0.25) is 0 Å². The highest BCUT2D eigenvalue weighted by molar-refractivity contribution is 6.11. The van der Waals surface area contributed by atoms with Crippen molar-refractivity contribution in [3.63, 3.8) is 0 Å². The summed E-state index contributed by atoms with van der Waals surface area (Å²) in [5, 5.41) is 0. The van der Waals surface area contributed by atoms with Crippen molar-refractivity contribution in [2.24, 2.45) is 5.92 Å². The first kappa shape index (κ1) is 20.6. The van der Waals surface area contributed by atoms with Gasteiger partial charge in [0.15, 0.2) is 5.78 Å². The van der Waals surface area contributed by atoms with E-state index in [2.05, 4.69) is 0 Å². The maximum Gasteiger partial charge on any atom is 0.317 e. The lowest BCUT2D eigenvalue weighted by atomic mass is 9.72. The molecule has 0 N–H and O–H groups in total. The van der Waals surface area contributed by atoms with Crippen LogP contribution in [-0.4, -0.2) is 32.6 Å². The summed E-state index contributed by atoms with van der Waals surface area (Å²) in [6.07, 6.45) is 2.09.